The van der Waals surface area contributed by atoms with Gasteiger partial charge in [-0.1, -0.05) is 30.3 Å². The molecule has 3 rings (SSSR count). The predicted octanol–water partition coefficient (Wildman–Crippen LogP) is 2.61. The molecule has 3 unspecified atom stereocenters. The number of ether oxygens (including phenoxy) is 2. The van der Waals surface area contributed by atoms with Crippen LogP contribution in [-0.4, -0.2) is 56.5 Å². The smallest absolute Gasteiger partial charge is 0.217 e. The molecule has 0 bridgehead atoms. The van der Waals surface area contributed by atoms with Crippen LogP contribution in [0.1, 0.15) is 38.2 Å². The first-order valence-corrected chi connectivity index (χ1v) is 10.8. The minimum Gasteiger partial charge on any atom is -0.378 e. The van der Waals surface area contributed by atoms with E-state index in [0.29, 0.717) is 39.1 Å². The molecule has 0 spiro atoms. The Bertz CT molecular complexity index is 634. The van der Waals surface area contributed by atoms with Gasteiger partial charge in [0.15, 0.2) is 0 Å². The Morgan fingerprint density at radius 1 is 1.24 bits per heavy atom. The fourth-order valence-electron chi connectivity index (χ4n) is 3.67. The van der Waals surface area contributed by atoms with Gasteiger partial charge in [0.1, 0.15) is 0 Å². The zero-order valence-corrected chi connectivity index (χ0v) is 15.8. The Morgan fingerprint density at radius 3 is 2.80 bits per heavy atom. The third-order valence-electron chi connectivity index (χ3n) is 5.13. The number of nitrogens with zero attached hydrogens (tertiary/aromatic N) is 1. The largest absolute Gasteiger partial charge is 0.378 e. The minimum absolute atomic E-state index is 0.0289. The minimum atomic E-state index is -3.23. The normalized spacial score (nSPS) is 28.3. The number of benzene rings is 1. The second-order valence-electron chi connectivity index (χ2n) is 7.10. The van der Waals surface area contributed by atoms with Crippen molar-refractivity contribution >= 4 is 10.0 Å². The molecule has 0 aromatic heterocycles. The van der Waals surface area contributed by atoms with E-state index in [1.165, 1.54) is 5.56 Å². The second-order valence-corrected chi connectivity index (χ2v) is 9.31. The van der Waals surface area contributed by atoms with E-state index < -0.39 is 10.0 Å². The average molecular weight is 368 g/mol. The molecule has 3 atom stereocenters. The van der Waals surface area contributed by atoms with Crippen molar-refractivity contribution in [2.75, 3.05) is 26.3 Å². The molecule has 1 aromatic carbocycles. The molecule has 1 aromatic rings. The first kappa shape index (κ1) is 18.8. The first-order valence-electron chi connectivity index (χ1n) is 9.32. The highest BCUT2D eigenvalue weighted by molar-refractivity contribution is 7.89. The van der Waals surface area contributed by atoms with E-state index in [-0.39, 0.29) is 17.5 Å². The highest BCUT2D eigenvalue weighted by Gasteiger charge is 2.39. The van der Waals surface area contributed by atoms with Crippen LogP contribution in [0.4, 0.5) is 0 Å². The molecule has 0 N–H and O–H groups in total. The number of hydrogen-bond acceptors (Lipinski definition) is 4. The van der Waals surface area contributed by atoms with Gasteiger partial charge in [0.25, 0.3) is 0 Å². The lowest BCUT2D eigenvalue weighted by Crippen LogP contribution is -2.42. The maximum Gasteiger partial charge on any atom is 0.217 e. The molecule has 0 radical (unpaired) electrons. The summed E-state index contributed by atoms with van der Waals surface area (Å²) in [4.78, 5) is 0. The van der Waals surface area contributed by atoms with Gasteiger partial charge in [0.05, 0.1) is 17.5 Å². The van der Waals surface area contributed by atoms with Gasteiger partial charge in [-0.15, -0.1) is 0 Å². The van der Waals surface area contributed by atoms with Crippen LogP contribution in [0.3, 0.4) is 0 Å². The van der Waals surface area contributed by atoms with E-state index in [4.69, 9.17) is 9.47 Å². The van der Waals surface area contributed by atoms with E-state index in [9.17, 15) is 8.42 Å². The van der Waals surface area contributed by atoms with Crippen molar-refractivity contribution in [2.45, 2.75) is 56.5 Å². The van der Waals surface area contributed by atoms with Gasteiger partial charge in [-0.3, -0.25) is 0 Å². The summed E-state index contributed by atoms with van der Waals surface area (Å²) in [6.07, 6.45) is 4.01. The third-order valence-corrected chi connectivity index (χ3v) is 7.45. The maximum absolute atomic E-state index is 12.8. The standard InChI is InChI=1S/C19H29NO4S/c1-16-14-19(10-13-23-16)25(21,22)20-11-9-18(15-20)24-12-5-8-17-6-3-2-4-7-17/h2-4,6-7,16,18-19H,5,8-15H2,1H3. The van der Waals surface area contributed by atoms with Crippen LogP contribution >= 0.6 is 0 Å². The van der Waals surface area contributed by atoms with Gasteiger partial charge in [0, 0.05) is 26.3 Å². The molecule has 0 amide bonds. The molecule has 2 aliphatic rings. The average Bonchev–Trinajstić information content (AvgIpc) is 3.09. The molecule has 6 heteroatoms. The summed E-state index contributed by atoms with van der Waals surface area (Å²) in [5.74, 6) is 0. The number of hydrogen-bond donors (Lipinski definition) is 0. The van der Waals surface area contributed by atoms with Gasteiger partial charge in [-0.05, 0) is 44.6 Å². The van der Waals surface area contributed by atoms with Gasteiger partial charge in [-0.25, -0.2) is 8.42 Å². The first-order chi connectivity index (χ1) is 12.1. The van der Waals surface area contributed by atoms with Crippen molar-refractivity contribution in [3.05, 3.63) is 35.9 Å². The quantitative estimate of drug-likeness (QED) is 0.695. The van der Waals surface area contributed by atoms with E-state index >= 15 is 0 Å². The van der Waals surface area contributed by atoms with Crippen LogP contribution < -0.4 is 0 Å². The van der Waals surface area contributed by atoms with Crippen LogP contribution in [0.25, 0.3) is 0 Å². The summed E-state index contributed by atoms with van der Waals surface area (Å²) < 4.78 is 38.7. The summed E-state index contributed by atoms with van der Waals surface area (Å²) in [7, 11) is -3.23. The Balaban J connectivity index is 1.42. The number of aryl methyl sites for hydroxylation is 1. The summed E-state index contributed by atoms with van der Waals surface area (Å²) in [5.41, 5.74) is 1.32. The van der Waals surface area contributed by atoms with Crippen molar-refractivity contribution in [2.24, 2.45) is 0 Å². The molecule has 0 saturated carbocycles. The lowest BCUT2D eigenvalue weighted by atomic mass is 10.1. The van der Waals surface area contributed by atoms with Crippen molar-refractivity contribution in [1.82, 2.24) is 4.31 Å². The van der Waals surface area contributed by atoms with Crippen LogP contribution in [0.2, 0.25) is 0 Å². The highest BCUT2D eigenvalue weighted by Crippen LogP contribution is 2.26. The van der Waals surface area contributed by atoms with Crippen molar-refractivity contribution in [1.29, 1.82) is 0 Å². The Morgan fingerprint density at radius 2 is 2.04 bits per heavy atom. The van der Waals surface area contributed by atoms with Crippen LogP contribution in [0.5, 0.6) is 0 Å². The van der Waals surface area contributed by atoms with Crippen LogP contribution in [0.15, 0.2) is 30.3 Å². The van der Waals surface area contributed by atoms with Crippen molar-refractivity contribution < 1.29 is 17.9 Å². The molecular formula is C19H29NO4S. The molecule has 2 aliphatic heterocycles. The zero-order valence-electron chi connectivity index (χ0n) is 15.0. The van der Waals surface area contributed by atoms with Gasteiger partial charge in [-0.2, -0.15) is 4.31 Å². The summed E-state index contributed by atoms with van der Waals surface area (Å²) in [6.45, 7) is 4.25. The van der Waals surface area contributed by atoms with Crippen LogP contribution in [-0.2, 0) is 25.9 Å². The van der Waals surface area contributed by atoms with E-state index in [2.05, 4.69) is 12.1 Å². The van der Waals surface area contributed by atoms with Gasteiger partial charge in [0.2, 0.25) is 10.0 Å². The summed E-state index contributed by atoms with van der Waals surface area (Å²) in [6, 6.07) is 10.4. The topological polar surface area (TPSA) is 55.8 Å². The van der Waals surface area contributed by atoms with Crippen LogP contribution in [0, 0.1) is 0 Å². The monoisotopic (exact) mass is 367 g/mol. The lowest BCUT2D eigenvalue weighted by Gasteiger charge is -2.30. The number of sulfonamides is 1. The Hall–Kier alpha value is -0.950. The Kier molecular flexibility index (Phi) is 6.49. The molecule has 5 nitrogen and oxygen atoms in total. The molecule has 0 aliphatic carbocycles. The molecule has 2 fully saturated rings. The molecule has 140 valence electrons. The SMILES string of the molecule is CC1CC(S(=O)(=O)N2CCC(OCCCc3ccccc3)C2)CCO1. The summed E-state index contributed by atoms with van der Waals surface area (Å²) in [5, 5.41) is -0.298. The fourth-order valence-corrected chi connectivity index (χ4v) is 5.74. The molecule has 2 heterocycles. The van der Waals surface area contributed by atoms with E-state index in [1.807, 2.05) is 25.1 Å². The van der Waals surface area contributed by atoms with Gasteiger partial charge < -0.3 is 9.47 Å². The van der Waals surface area contributed by atoms with Gasteiger partial charge >= 0.3 is 0 Å². The summed E-state index contributed by atoms with van der Waals surface area (Å²) >= 11 is 0. The molecule has 25 heavy (non-hydrogen) atoms. The van der Waals surface area contributed by atoms with E-state index in [1.54, 1.807) is 4.31 Å². The van der Waals surface area contributed by atoms with Crippen molar-refractivity contribution in [3.8, 4) is 0 Å². The zero-order chi connectivity index (χ0) is 17.7. The Labute approximate surface area is 151 Å². The number of rotatable bonds is 7. The fraction of sp³-hybridized carbons (Fsp3) is 0.684. The third kappa shape index (κ3) is 5.03. The van der Waals surface area contributed by atoms with Crippen molar-refractivity contribution in [3.63, 3.8) is 0 Å². The second kappa shape index (κ2) is 8.62. The lowest BCUT2D eigenvalue weighted by molar-refractivity contribution is 0.0292. The molecular weight excluding hydrogens is 338 g/mol. The highest BCUT2D eigenvalue weighted by atomic mass is 32.2. The maximum atomic E-state index is 12.8. The molecule has 2 saturated heterocycles. The predicted molar refractivity (Wildman–Crippen MR) is 98.0 cm³/mol. The van der Waals surface area contributed by atoms with E-state index in [0.717, 1.165) is 19.3 Å².